The van der Waals surface area contributed by atoms with Gasteiger partial charge in [0.05, 0.1) is 12.4 Å². The van der Waals surface area contributed by atoms with Crippen LogP contribution in [0.5, 0.6) is 5.75 Å². The minimum Gasteiger partial charge on any atom is -0.496 e. The molecule has 0 aliphatic rings. The van der Waals surface area contributed by atoms with E-state index in [2.05, 4.69) is 5.32 Å². The second-order valence-corrected chi connectivity index (χ2v) is 6.92. The number of nitrogens with one attached hydrogen (secondary N) is 1. The van der Waals surface area contributed by atoms with E-state index in [1.165, 1.54) is 11.8 Å². The number of rotatable bonds is 7. The number of halogens is 1. The Morgan fingerprint density at radius 3 is 2.61 bits per heavy atom. The number of ether oxygens (including phenoxy) is 1. The van der Waals surface area contributed by atoms with Crippen molar-refractivity contribution < 1.29 is 9.53 Å². The molecular weight excluding hydrogens is 330 g/mol. The molecule has 0 aliphatic carbocycles. The van der Waals surface area contributed by atoms with E-state index in [-0.39, 0.29) is 11.2 Å². The van der Waals surface area contributed by atoms with Gasteiger partial charge in [-0.15, -0.1) is 11.8 Å². The van der Waals surface area contributed by atoms with Gasteiger partial charge >= 0.3 is 0 Å². The number of carbonyl (C=O) groups excluding carboxylic acids is 1. The van der Waals surface area contributed by atoms with Gasteiger partial charge in [0.25, 0.3) is 0 Å². The molecule has 5 heteroatoms. The Morgan fingerprint density at radius 2 is 1.91 bits per heavy atom. The highest BCUT2D eigenvalue weighted by molar-refractivity contribution is 8.00. The summed E-state index contributed by atoms with van der Waals surface area (Å²) >= 11 is 7.38. The predicted molar refractivity (Wildman–Crippen MR) is 96.5 cm³/mol. The molecule has 23 heavy (non-hydrogen) atoms. The zero-order valence-corrected chi connectivity index (χ0v) is 14.8. The first-order valence-corrected chi connectivity index (χ1v) is 8.67. The Balaban J connectivity index is 1.81. The fourth-order valence-corrected chi connectivity index (χ4v) is 3.16. The Hall–Kier alpha value is -1.65. The second kappa shape index (κ2) is 8.85. The van der Waals surface area contributed by atoms with Gasteiger partial charge in [-0.05, 0) is 49.2 Å². The quantitative estimate of drug-likeness (QED) is 0.762. The van der Waals surface area contributed by atoms with Crippen molar-refractivity contribution in [2.24, 2.45) is 0 Å². The number of hydrogen-bond acceptors (Lipinski definition) is 3. The number of para-hydroxylation sites is 1. The summed E-state index contributed by atoms with van der Waals surface area (Å²) in [6, 6.07) is 15.3. The number of carbonyl (C=O) groups is 1. The van der Waals surface area contributed by atoms with Gasteiger partial charge in [0, 0.05) is 16.5 Å². The normalized spacial score (nSPS) is 11.8. The van der Waals surface area contributed by atoms with Gasteiger partial charge in [-0.3, -0.25) is 4.79 Å². The van der Waals surface area contributed by atoms with Crippen LogP contribution in [0.1, 0.15) is 12.5 Å². The summed E-state index contributed by atoms with van der Waals surface area (Å²) in [5.74, 6) is 0.880. The van der Waals surface area contributed by atoms with Crippen molar-refractivity contribution in [3.05, 3.63) is 59.1 Å². The third-order valence-corrected chi connectivity index (χ3v) is 4.75. The third-order valence-electron chi connectivity index (χ3n) is 3.38. The highest BCUT2D eigenvalue weighted by Crippen LogP contribution is 2.24. The molecule has 1 unspecified atom stereocenters. The summed E-state index contributed by atoms with van der Waals surface area (Å²) in [6.45, 7) is 2.49. The number of methoxy groups -OCH3 is 1. The van der Waals surface area contributed by atoms with E-state index in [1.54, 1.807) is 7.11 Å². The molecule has 3 nitrogen and oxygen atoms in total. The molecular formula is C18H20ClNO2S. The van der Waals surface area contributed by atoms with Crippen molar-refractivity contribution >= 4 is 29.3 Å². The maximum absolute atomic E-state index is 12.2. The van der Waals surface area contributed by atoms with Crippen molar-refractivity contribution in [2.75, 3.05) is 13.7 Å². The molecule has 2 rings (SSSR count). The average Bonchev–Trinajstić information content (AvgIpc) is 2.57. The lowest BCUT2D eigenvalue weighted by molar-refractivity contribution is -0.120. The topological polar surface area (TPSA) is 38.3 Å². The average molecular weight is 350 g/mol. The molecule has 1 amide bonds. The summed E-state index contributed by atoms with van der Waals surface area (Å²) in [6.07, 6.45) is 0.744. The van der Waals surface area contributed by atoms with Crippen molar-refractivity contribution in [1.82, 2.24) is 5.32 Å². The fraction of sp³-hybridized carbons (Fsp3) is 0.278. The minimum absolute atomic E-state index is 0.0276. The Kier molecular flexibility index (Phi) is 6.81. The van der Waals surface area contributed by atoms with Crippen LogP contribution in [0.15, 0.2) is 53.4 Å². The van der Waals surface area contributed by atoms with Gasteiger partial charge in [-0.1, -0.05) is 29.8 Å². The number of benzene rings is 2. The molecule has 0 aromatic heterocycles. The minimum atomic E-state index is -0.158. The molecule has 0 radical (unpaired) electrons. The van der Waals surface area contributed by atoms with E-state index in [0.717, 1.165) is 22.6 Å². The SMILES string of the molecule is COc1ccccc1CCNC(=O)C(C)Sc1ccc(Cl)cc1. The standard InChI is InChI=1S/C18H20ClNO2S/c1-13(23-16-9-7-15(19)8-10-16)18(21)20-12-11-14-5-3-4-6-17(14)22-2/h3-10,13H,11-12H2,1-2H3,(H,20,21). The maximum atomic E-state index is 12.2. The van der Waals surface area contributed by atoms with Crippen LogP contribution in [0.4, 0.5) is 0 Å². The molecule has 2 aromatic rings. The van der Waals surface area contributed by atoms with Crippen molar-refractivity contribution in [3.63, 3.8) is 0 Å². The van der Waals surface area contributed by atoms with Crippen molar-refractivity contribution in [3.8, 4) is 5.75 Å². The van der Waals surface area contributed by atoms with Gasteiger partial charge in [-0.2, -0.15) is 0 Å². The highest BCUT2D eigenvalue weighted by atomic mass is 35.5. The van der Waals surface area contributed by atoms with Gasteiger partial charge in [0.2, 0.25) is 5.91 Å². The third kappa shape index (κ3) is 5.48. The molecule has 122 valence electrons. The van der Waals surface area contributed by atoms with Crippen LogP contribution in [0.2, 0.25) is 5.02 Å². The van der Waals surface area contributed by atoms with Gasteiger partial charge in [0.15, 0.2) is 0 Å². The number of amides is 1. The lowest BCUT2D eigenvalue weighted by Crippen LogP contribution is -2.32. The summed E-state index contributed by atoms with van der Waals surface area (Å²) in [5, 5.41) is 3.51. The molecule has 0 saturated carbocycles. The molecule has 1 N–H and O–H groups in total. The van der Waals surface area contributed by atoms with Crippen LogP contribution in [-0.2, 0) is 11.2 Å². The Bertz CT molecular complexity index is 646. The molecule has 2 aromatic carbocycles. The van der Waals surface area contributed by atoms with Crippen LogP contribution in [0.3, 0.4) is 0 Å². The molecule has 0 heterocycles. The predicted octanol–water partition coefficient (Wildman–Crippen LogP) is 4.19. The largest absolute Gasteiger partial charge is 0.496 e. The first-order chi connectivity index (χ1) is 11.1. The molecule has 0 fully saturated rings. The van der Waals surface area contributed by atoms with E-state index in [1.807, 2.05) is 55.5 Å². The van der Waals surface area contributed by atoms with Crippen LogP contribution in [0, 0.1) is 0 Å². The van der Waals surface area contributed by atoms with Crippen molar-refractivity contribution in [1.29, 1.82) is 0 Å². The van der Waals surface area contributed by atoms with Gasteiger partial charge < -0.3 is 10.1 Å². The van der Waals surface area contributed by atoms with Crippen LogP contribution >= 0.6 is 23.4 Å². The van der Waals surface area contributed by atoms with E-state index in [4.69, 9.17) is 16.3 Å². The Labute approximate surface area is 146 Å². The fourth-order valence-electron chi connectivity index (χ4n) is 2.14. The van der Waals surface area contributed by atoms with E-state index >= 15 is 0 Å². The Morgan fingerprint density at radius 1 is 1.22 bits per heavy atom. The first-order valence-electron chi connectivity index (χ1n) is 7.42. The van der Waals surface area contributed by atoms with Crippen LogP contribution < -0.4 is 10.1 Å². The van der Waals surface area contributed by atoms with E-state index in [9.17, 15) is 4.79 Å². The second-order valence-electron chi connectivity index (χ2n) is 5.07. The van der Waals surface area contributed by atoms with E-state index in [0.29, 0.717) is 11.6 Å². The van der Waals surface area contributed by atoms with Crippen molar-refractivity contribution in [2.45, 2.75) is 23.5 Å². The van der Waals surface area contributed by atoms with E-state index < -0.39 is 0 Å². The summed E-state index contributed by atoms with van der Waals surface area (Å²) in [7, 11) is 1.66. The van der Waals surface area contributed by atoms with Gasteiger partial charge in [-0.25, -0.2) is 0 Å². The highest BCUT2D eigenvalue weighted by Gasteiger charge is 2.14. The smallest absolute Gasteiger partial charge is 0.233 e. The maximum Gasteiger partial charge on any atom is 0.233 e. The molecule has 0 aliphatic heterocycles. The molecule has 0 saturated heterocycles. The monoisotopic (exact) mass is 349 g/mol. The lowest BCUT2D eigenvalue weighted by atomic mass is 10.1. The zero-order valence-electron chi connectivity index (χ0n) is 13.2. The summed E-state index contributed by atoms with van der Waals surface area (Å²) in [5.41, 5.74) is 1.09. The lowest BCUT2D eigenvalue weighted by Gasteiger charge is -2.13. The zero-order chi connectivity index (χ0) is 16.7. The number of thioether (sulfide) groups is 1. The van der Waals surface area contributed by atoms with Gasteiger partial charge in [0.1, 0.15) is 5.75 Å². The summed E-state index contributed by atoms with van der Waals surface area (Å²) < 4.78 is 5.31. The molecule has 0 bridgehead atoms. The summed E-state index contributed by atoms with van der Waals surface area (Å²) in [4.78, 5) is 13.2. The molecule has 0 spiro atoms. The van der Waals surface area contributed by atoms with Crippen LogP contribution in [0.25, 0.3) is 0 Å². The first kappa shape index (κ1) is 17.7. The van der Waals surface area contributed by atoms with Crippen LogP contribution in [-0.4, -0.2) is 24.8 Å². The molecule has 1 atom stereocenters. The number of hydrogen-bond donors (Lipinski definition) is 1.